The Morgan fingerprint density at radius 2 is 1.44 bits per heavy atom. The number of nitrogens with zero attached hydrogens (tertiary/aromatic N) is 3. The average molecular weight is 718 g/mol. The molecule has 1 aliphatic carbocycles. The van der Waals surface area contributed by atoms with Crippen LogP contribution in [0.4, 0.5) is 36.4 Å². The van der Waals surface area contributed by atoms with Gasteiger partial charge in [0, 0.05) is 17.8 Å². The second-order valence-electron chi connectivity index (χ2n) is 13.0. The number of carbonyl (C=O) groups excluding carboxylic acids is 1. The van der Waals surface area contributed by atoms with Crippen molar-refractivity contribution < 1.29 is 43.9 Å². The Kier molecular flexibility index (Phi) is 10.1. The number of rotatable bonds is 10. The van der Waals surface area contributed by atoms with E-state index in [0.29, 0.717) is 5.56 Å². The Labute approximate surface area is 284 Å². The molecule has 0 aromatic heterocycles. The number of hydrogen-bond acceptors (Lipinski definition) is 4. The lowest BCUT2D eigenvalue weighted by Gasteiger charge is -2.29. The van der Waals surface area contributed by atoms with Crippen molar-refractivity contribution in [3.05, 3.63) is 129 Å². The van der Waals surface area contributed by atoms with Gasteiger partial charge < -0.3 is 4.90 Å². The second-order valence-corrected chi connectivity index (χ2v) is 14.9. The molecule has 0 atom stereocenters. The lowest BCUT2D eigenvalue weighted by atomic mass is 9.84. The van der Waals surface area contributed by atoms with Gasteiger partial charge in [0.1, 0.15) is 17.7 Å². The van der Waals surface area contributed by atoms with E-state index in [1.807, 2.05) is 39.0 Å². The first kappa shape index (κ1) is 36.5. The maximum atomic E-state index is 14.9. The summed E-state index contributed by atoms with van der Waals surface area (Å²) in [5.74, 6) is -15.9. The molecule has 4 aromatic rings. The zero-order chi connectivity index (χ0) is 36.7. The van der Waals surface area contributed by atoms with Gasteiger partial charge in [-0.1, -0.05) is 57.2 Å². The largest absolute Gasteiger partial charge is 0.307 e. The topological polar surface area (TPSA) is 81.5 Å². The van der Waals surface area contributed by atoms with Crippen LogP contribution in [0.1, 0.15) is 67.3 Å². The van der Waals surface area contributed by atoms with Crippen molar-refractivity contribution in [3.63, 3.8) is 0 Å². The van der Waals surface area contributed by atoms with E-state index < -0.39 is 80.2 Å². The highest BCUT2D eigenvalue weighted by atomic mass is 32.2. The van der Waals surface area contributed by atoms with E-state index in [1.54, 1.807) is 6.07 Å². The molecule has 0 bridgehead atoms. The third-order valence-corrected chi connectivity index (χ3v) is 10.2. The van der Waals surface area contributed by atoms with Crippen LogP contribution in [0.2, 0.25) is 0 Å². The van der Waals surface area contributed by atoms with E-state index in [9.17, 15) is 49.2 Å². The van der Waals surface area contributed by atoms with Crippen molar-refractivity contribution in [3.8, 4) is 6.07 Å². The third-order valence-electron chi connectivity index (χ3n) is 8.34. The molecule has 0 unspecified atom stereocenters. The van der Waals surface area contributed by atoms with Gasteiger partial charge in [0.05, 0.1) is 18.7 Å². The van der Waals surface area contributed by atoms with Crippen LogP contribution in [0.5, 0.6) is 0 Å². The van der Waals surface area contributed by atoms with Gasteiger partial charge in [-0.3, -0.25) is 4.79 Å². The van der Waals surface area contributed by atoms with Crippen molar-refractivity contribution in [2.24, 2.45) is 0 Å². The van der Waals surface area contributed by atoms with Crippen LogP contribution in [0.15, 0.2) is 65.6 Å². The van der Waals surface area contributed by atoms with Crippen LogP contribution in [-0.2, 0) is 33.3 Å². The van der Waals surface area contributed by atoms with E-state index in [1.165, 1.54) is 18.2 Å². The van der Waals surface area contributed by atoms with Gasteiger partial charge >= 0.3 is 0 Å². The van der Waals surface area contributed by atoms with Crippen LogP contribution in [0, 0.1) is 52.1 Å². The fourth-order valence-corrected chi connectivity index (χ4v) is 6.86. The molecule has 14 heteroatoms. The minimum Gasteiger partial charge on any atom is -0.307 e. The summed E-state index contributed by atoms with van der Waals surface area (Å²) in [5, 5.41) is 9.26. The average Bonchev–Trinajstić information content (AvgIpc) is 3.91. The Balaban J connectivity index is 1.64. The molecule has 0 spiro atoms. The van der Waals surface area contributed by atoms with Gasteiger partial charge in [0.25, 0.3) is 0 Å². The molecule has 1 aliphatic rings. The first-order chi connectivity index (χ1) is 23.4. The maximum Gasteiger partial charge on any atom is 0.249 e. The summed E-state index contributed by atoms with van der Waals surface area (Å²) < 4.78 is 129. The molecule has 50 heavy (non-hydrogen) atoms. The lowest BCUT2D eigenvalue weighted by Crippen LogP contribution is -2.43. The summed E-state index contributed by atoms with van der Waals surface area (Å²) in [7, 11) is -5.77. The van der Waals surface area contributed by atoms with Gasteiger partial charge in [-0.05, 0) is 65.1 Å². The fourth-order valence-electron chi connectivity index (χ4n) is 5.38. The van der Waals surface area contributed by atoms with Gasteiger partial charge in [-0.2, -0.15) is 9.57 Å². The van der Waals surface area contributed by atoms with E-state index >= 15 is 0 Å². The molecule has 262 valence electrons. The van der Waals surface area contributed by atoms with Crippen LogP contribution in [-0.4, -0.2) is 25.2 Å². The van der Waals surface area contributed by atoms with Crippen LogP contribution in [0.25, 0.3) is 0 Å². The molecule has 4 aromatic carbocycles. The van der Waals surface area contributed by atoms with Crippen LogP contribution < -0.4 is 4.90 Å². The number of nitriles is 1. The zero-order valence-corrected chi connectivity index (χ0v) is 27.8. The van der Waals surface area contributed by atoms with Crippen LogP contribution in [0.3, 0.4) is 0 Å². The molecule has 0 N–H and O–H groups in total. The number of carbonyl (C=O) groups is 1. The van der Waals surface area contributed by atoms with Crippen molar-refractivity contribution in [1.29, 1.82) is 5.26 Å². The number of sulfonamides is 1. The minimum absolute atomic E-state index is 0.0836. The molecule has 0 aliphatic heterocycles. The summed E-state index contributed by atoms with van der Waals surface area (Å²) in [6.45, 7) is 3.27. The Morgan fingerprint density at radius 1 is 0.820 bits per heavy atom. The number of amides is 1. The summed E-state index contributed by atoms with van der Waals surface area (Å²) in [4.78, 5) is 12.9. The predicted molar refractivity (Wildman–Crippen MR) is 170 cm³/mol. The Morgan fingerprint density at radius 3 is 2.00 bits per heavy atom. The van der Waals surface area contributed by atoms with Crippen LogP contribution >= 0.6 is 0 Å². The zero-order valence-electron chi connectivity index (χ0n) is 27.0. The smallest absolute Gasteiger partial charge is 0.249 e. The molecule has 1 fully saturated rings. The predicted octanol–water partition coefficient (Wildman–Crippen LogP) is 8.13. The second kappa shape index (κ2) is 13.9. The molecule has 0 heterocycles. The molecule has 1 amide bonds. The lowest BCUT2D eigenvalue weighted by molar-refractivity contribution is -0.119. The highest BCUT2D eigenvalue weighted by molar-refractivity contribution is 7.89. The summed E-state index contributed by atoms with van der Waals surface area (Å²) in [6, 6.07) is 15.1. The molecular weight excluding hydrogens is 687 g/mol. The van der Waals surface area contributed by atoms with E-state index in [4.69, 9.17) is 0 Å². The number of anilines is 1. The fraction of sp³-hybridized carbons (Fsp3) is 0.278. The highest BCUT2D eigenvalue weighted by Crippen LogP contribution is 2.42. The van der Waals surface area contributed by atoms with E-state index in [2.05, 4.69) is 0 Å². The first-order valence-electron chi connectivity index (χ1n) is 15.3. The summed E-state index contributed by atoms with van der Waals surface area (Å²) in [6.07, 6.45) is 1.88. The normalized spacial score (nSPS) is 13.4. The number of benzene rings is 4. The van der Waals surface area contributed by atoms with E-state index in [0.717, 1.165) is 53.1 Å². The standard InChI is InChI=1S/C36H30F7N3O3S/c1-36(2,3)25-13-20(12-24(14-25)21-8-9-21)17-46(26-11-10-22(16-44)28(38)15-26)29(47)19-45(18-23-6-4-5-7-27(23)37)50(48,49)35-33(42)31(40)30(39)32(41)34(35)43/h4-7,10-15,21H,8-9,17-19H2,1-3H3. The molecule has 0 saturated heterocycles. The molecule has 6 nitrogen and oxygen atoms in total. The van der Waals surface area contributed by atoms with E-state index in [-0.39, 0.29) is 33.4 Å². The Bertz CT molecular complexity index is 2110. The molecule has 1 saturated carbocycles. The Hall–Kier alpha value is -4.74. The summed E-state index contributed by atoms with van der Waals surface area (Å²) >= 11 is 0. The minimum atomic E-state index is -5.77. The number of halogens is 7. The van der Waals surface area contributed by atoms with Crippen molar-refractivity contribution in [2.45, 2.75) is 62.9 Å². The van der Waals surface area contributed by atoms with Gasteiger partial charge in [0.2, 0.25) is 21.7 Å². The van der Waals surface area contributed by atoms with Crippen molar-refractivity contribution in [1.82, 2.24) is 4.31 Å². The quantitative estimate of drug-likeness (QED) is 0.0943. The molecule has 5 rings (SSSR count). The van der Waals surface area contributed by atoms with Crippen molar-refractivity contribution >= 4 is 21.6 Å². The summed E-state index contributed by atoms with van der Waals surface area (Å²) in [5.41, 5.74) is 1.22. The molecule has 0 radical (unpaired) electrons. The van der Waals surface area contributed by atoms with Gasteiger partial charge in [0.15, 0.2) is 28.2 Å². The third kappa shape index (κ3) is 7.39. The van der Waals surface area contributed by atoms with Gasteiger partial charge in [-0.25, -0.2) is 39.2 Å². The number of hydrogen-bond donors (Lipinski definition) is 0. The monoisotopic (exact) mass is 717 g/mol. The van der Waals surface area contributed by atoms with Crippen molar-refractivity contribution in [2.75, 3.05) is 11.4 Å². The molecular formula is C36H30F7N3O3S. The highest BCUT2D eigenvalue weighted by Gasteiger charge is 2.39. The van der Waals surface area contributed by atoms with Gasteiger partial charge in [-0.15, -0.1) is 0 Å². The maximum absolute atomic E-state index is 14.9. The first-order valence-corrected chi connectivity index (χ1v) is 16.8. The SMILES string of the molecule is CC(C)(C)c1cc(CN(C(=O)CN(Cc2ccccc2F)S(=O)(=O)c2c(F)c(F)c(F)c(F)c2F)c2ccc(C#N)c(F)c2)cc(C2CC2)c1.